The topological polar surface area (TPSA) is 49.9 Å². The second-order valence-electron chi connectivity index (χ2n) is 7.14. The third-order valence-electron chi connectivity index (χ3n) is 5.38. The van der Waals surface area contributed by atoms with Gasteiger partial charge in [0.2, 0.25) is 11.8 Å². The Labute approximate surface area is 149 Å². The van der Waals surface area contributed by atoms with Crippen molar-refractivity contribution >= 4 is 11.8 Å². The summed E-state index contributed by atoms with van der Waals surface area (Å²) in [6.07, 6.45) is 2.14. The Morgan fingerprint density at radius 2 is 1.92 bits per heavy atom. The summed E-state index contributed by atoms with van der Waals surface area (Å²) in [6.45, 7) is 7.33. The molecule has 5 heteroatoms. The van der Waals surface area contributed by atoms with Gasteiger partial charge in [0.1, 0.15) is 6.04 Å². The number of likely N-dealkylation sites (tertiary alicyclic amines) is 1. The second kappa shape index (κ2) is 8.00. The van der Waals surface area contributed by atoms with Crippen molar-refractivity contribution in [3.05, 3.63) is 35.4 Å². The van der Waals surface area contributed by atoms with E-state index in [1.807, 2.05) is 21.9 Å². The zero-order valence-electron chi connectivity index (χ0n) is 15.2. The molecule has 0 aromatic heterocycles. The molecule has 0 spiro atoms. The summed E-state index contributed by atoms with van der Waals surface area (Å²) in [5.74, 6) is 0.353. The molecular weight excluding hydrogens is 316 g/mol. The van der Waals surface area contributed by atoms with Crippen LogP contribution in [0, 0.1) is 6.92 Å². The standard InChI is InChI=1S/C20H28N2O3/c1-15-6-3-4-7-17(15)16(2)14-19(23)22-9-5-8-18(22)20(24)21-10-12-25-13-11-21/h3-4,6-7,16,18H,5,8-14H2,1-2H3/t16-,18+/m0/s1. The van der Waals surface area contributed by atoms with Gasteiger partial charge in [-0.25, -0.2) is 0 Å². The van der Waals surface area contributed by atoms with Gasteiger partial charge in [-0.1, -0.05) is 31.2 Å². The third-order valence-corrected chi connectivity index (χ3v) is 5.38. The van der Waals surface area contributed by atoms with E-state index in [0.717, 1.165) is 12.8 Å². The summed E-state index contributed by atoms with van der Waals surface area (Å²) in [5, 5.41) is 0. The van der Waals surface area contributed by atoms with Crippen LogP contribution in [-0.4, -0.2) is 60.5 Å². The maximum atomic E-state index is 12.9. The number of nitrogens with zero attached hydrogens (tertiary/aromatic N) is 2. The predicted molar refractivity (Wildman–Crippen MR) is 96.3 cm³/mol. The highest BCUT2D eigenvalue weighted by Gasteiger charge is 2.37. The van der Waals surface area contributed by atoms with E-state index in [-0.39, 0.29) is 23.8 Å². The molecule has 2 fully saturated rings. The van der Waals surface area contributed by atoms with Crippen molar-refractivity contribution in [1.29, 1.82) is 0 Å². The summed E-state index contributed by atoms with van der Waals surface area (Å²) < 4.78 is 5.33. The van der Waals surface area contributed by atoms with Crippen molar-refractivity contribution in [2.45, 2.75) is 45.1 Å². The van der Waals surface area contributed by atoms with E-state index >= 15 is 0 Å². The largest absolute Gasteiger partial charge is 0.378 e. The SMILES string of the molecule is Cc1ccccc1[C@@H](C)CC(=O)N1CCC[C@@H]1C(=O)N1CCOCC1. The number of rotatable bonds is 4. The van der Waals surface area contributed by atoms with Crippen molar-refractivity contribution in [2.24, 2.45) is 0 Å². The molecule has 25 heavy (non-hydrogen) atoms. The molecular formula is C20H28N2O3. The van der Waals surface area contributed by atoms with Gasteiger partial charge in [0, 0.05) is 26.1 Å². The maximum absolute atomic E-state index is 12.9. The van der Waals surface area contributed by atoms with Crippen molar-refractivity contribution in [1.82, 2.24) is 9.80 Å². The molecule has 0 radical (unpaired) electrons. The monoisotopic (exact) mass is 344 g/mol. The minimum atomic E-state index is -0.283. The van der Waals surface area contributed by atoms with Gasteiger partial charge < -0.3 is 14.5 Å². The third kappa shape index (κ3) is 4.03. The molecule has 5 nitrogen and oxygen atoms in total. The number of carbonyl (C=O) groups excluding carboxylic acids is 2. The van der Waals surface area contributed by atoms with Gasteiger partial charge in [0.25, 0.3) is 0 Å². The first-order chi connectivity index (χ1) is 12.1. The minimum absolute atomic E-state index is 0.0951. The summed E-state index contributed by atoms with van der Waals surface area (Å²) in [7, 11) is 0. The van der Waals surface area contributed by atoms with Crippen LogP contribution >= 0.6 is 0 Å². The van der Waals surface area contributed by atoms with Gasteiger partial charge in [0.15, 0.2) is 0 Å². The summed E-state index contributed by atoms with van der Waals surface area (Å²) in [4.78, 5) is 29.3. The summed E-state index contributed by atoms with van der Waals surface area (Å²) in [6, 6.07) is 7.92. The molecule has 2 amide bonds. The van der Waals surface area contributed by atoms with Gasteiger partial charge in [0.05, 0.1) is 13.2 Å². The highest BCUT2D eigenvalue weighted by atomic mass is 16.5. The first kappa shape index (κ1) is 17.9. The van der Waals surface area contributed by atoms with Gasteiger partial charge >= 0.3 is 0 Å². The molecule has 2 saturated heterocycles. The zero-order chi connectivity index (χ0) is 17.8. The van der Waals surface area contributed by atoms with E-state index < -0.39 is 0 Å². The quantitative estimate of drug-likeness (QED) is 0.842. The first-order valence-corrected chi connectivity index (χ1v) is 9.29. The number of hydrogen-bond acceptors (Lipinski definition) is 3. The lowest BCUT2D eigenvalue weighted by Crippen LogP contribution is -2.51. The van der Waals surface area contributed by atoms with Gasteiger partial charge in [-0.2, -0.15) is 0 Å². The Kier molecular flexibility index (Phi) is 5.74. The van der Waals surface area contributed by atoms with Crippen LogP contribution in [0.4, 0.5) is 0 Å². The fourth-order valence-electron chi connectivity index (χ4n) is 3.95. The second-order valence-corrected chi connectivity index (χ2v) is 7.14. The number of hydrogen-bond donors (Lipinski definition) is 0. The molecule has 0 aliphatic carbocycles. The fraction of sp³-hybridized carbons (Fsp3) is 0.600. The number of amides is 2. The van der Waals surface area contributed by atoms with Crippen LogP contribution in [0.1, 0.15) is 43.2 Å². The molecule has 1 aromatic carbocycles. The van der Waals surface area contributed by atoms with E-state index in [1.54, 1.807) is 0 Å². The molecule has 3 rings (SSSR count). The van der Waals surface area contributed by atoms with Crippen molar-refractivity contribution in [2.75, 3.05) is 32.8 Å². The number of ether oxygens (including phenoxy) is 1. The van der Waals surface area contributed by atoms with Crippen LogP contribution in [0.5, 0.6) is 0 Å². The number of benzene rings is 1. The molecule has 136 valence electrons. The van der Waals surface area contributed by atoms with E-state index in [2.05, 4.69) is 26.0 Å². The van der Waals surface area contributed by atoms with Crippen LogP contribution in [0.15, 0.2) is 24.3 Å². The smallest absolute Gasteiger partial charge is 0.245 e. The average molecular weight is 344 g/mol. The van der Waals surface area contributed by atoms with Gasteiger partial charge in [-0.15, -0.1) is 0 Å². The molecule has 1 aromatic rings. The normalized spacial score (nSPS) is 22.1. The molecule has 0 unspecified atom stereocenters. The Hall–Kier alpha value is -1.88. The summed E-state index contributed by atoms with van der Waals surface area (Å²) in [5.41, 5.74) is 2.43. The highest BCUT2D eigenvalue weighted by molar-refractivity contribution is 5.88. The Morgan fingerprint density at radius 1 is 1.20 bits per heavy atom. The van der Waals surface area contributed by atoms with E-state index in [9.17, 15) is 9.59 Å². The molecule has 0 bridgehead atoms. The Bertz CT molecular complexity index is 625. The first-order valence-electron chi connectivity index (χ1n) is 9.29. The van der Waals surface area contributed by atoms with E-state index in [1.165, 1.54) is 11.1 Å². The number of aryl methyl sites for hydroxylation is 1. The van der Waals surface area contributed by atoms with E-state index in [0.29, 0.717) is 39.3 Å². The van der Waals surface area contributed by atoms with Crippen LogP contribution < -0.4 is 0 Å². The average Bonchev–Trinajstić information content (AvgIpc) is 3.12. The van der Waals surface area contributed by atoms with Crippen molar-refractivity contribution < 1.29 is 14.3 Å². The lowest BCUT2D eigenvalue weighted by molar-refractivity contribution is -0.146. The van der Waals surface area contributed by atoms with Crippen LogP contribution in [0.25, 0.3) is 0 Å². The van der Waals surface area contributed by atoms with Crippen molar-refractivity contribution in [3.8, 4) is 0 Å². The van der Waals surface area contributed by atoms with Crippen LogP contribution in [-0.2, 0) is 14.3 Å². The van der Waals surface area contributed by atoms with Crippen LogP contribution in [0.2, 0.25) is 0 Å². The Morgan fingerprint density at radius 3 is 2.64 bits per heavy atom. The zero-order valence-corrected chi connectivity index (χ0v) is 15.2. The highest BCUT2D eigenvalue weighted by Crippen LogP contribution is 2.26. The molecule has 2 heterocycles. The Balaban J connectivity index is 1.64. The van der Waals surface area contributed by atoms with E-state index in [4.69, 9.17) is 4.74 Å². The minimum Gasteiger partial charge on any atom is -0.378 e. The fourth-order valence-corrected chi connectivity index (χ4v) is 3.95. The maximum Gasteiger partial charge on any atom is 0.245 e. The van der Waals surface area contributed by atoms with Gasteiger partial charge in [-0.05, 0) is 36.8 Å². The molecule has 2 atom stereocenters. The lowest BCUT2D eigenvalue weighted by Gasteiger charge is -2.33. The predicted octanol–water partition coefficient (Wildman–Crippen LogP) is 2.34. The lowest BCUT2D eigenvalue weighted by atomic mass is 9.93. The molecule has 0 saturated carbocycles. The van der Waals surface area contributed by atoms with Crippen LogP contribution in [0.3, 0.4) is 0 Å². The number of carbonyl (C=O) groups is 2. The van der Waals surface area contributed by atoms with Gasteiger partial charge in [-0.3, -0.25) is 9.59 Å². The number of morpholine rings is 1. The molecule has 2 aliphatic rings. The van der Waals surface area contributed by atoms with Crippen molar-refractivity contribution in [3.63, 3.8) is 0 Å². The summed E-state index contributed by atoms with van der Waals surface area (Å²) >= 11 is 0. The molecule has 0 N–H and O–H groups in total. The molecule has 2 aliphatic heterocycles.